The van der Waals surface area contributed by atoms with Gasteiger partial charge in [0.2, 0.25) is 5.91 Å². The molecule has 174 valence electrons. The molecule has 1 aliphatic rings. The van der Waals surface area contributed by atoms with E-state index in [0.29, 0.717) is 57.0 Å². The Morgan fingerprint density at radius 3 is 2.61 bits per heavy atom. The number of para-hydroxylation sites is 2. The van der Waals surface area contributed by atoms with Crippen LogP contribution in [0.4, 0.5) is 5.69 Å². The van der Waals surface area contributed by atoms with Crippen LogP contribution in [-0.2, 0) is 11.3 Å². The van der Waals surface area contributed by atoms with Crippen molar-refractivity contribution in [2.75, 3.05) is 25.5 Å². The Bertz CT molecular complexity index is 1260. The first-order valence-corrected chi connectivity index (χ1v) is 11.8. The number of nitrogens with zero attached hydrogens (tertiary/aromatic N) is 3. The van der Waals surface area contributed by atoms with Gasteiger partial charge in [-0.15, -0.1) is 11.3 Å². The molecule has 0 bridgehead atoms. The van der Waals surface area contributed by atoms with Crippen LogP contribution >= 0.6 is 11.3 Å². The Labute approximate surface area is 196 Å². The van der Waals surface area contributed by atoms with Gasteiger partial charge >= 0.3 is 0 Å². The van der Waals surface area contributed by atoms with Gasteiger partial charge in [-0.3, -0.25) is 19.0 Å². The summed E-state index contributed by atoms with van der Waals surface area (Å²) in [5.74, 6) is 1.01. The Hall–Kier alpha value is -3.20. The number of carbonyl (C=O) groups excluding carboxylic acids is 2. The monoisotopic (exact) mass is 468 g/mol. The maximum absolute atomic E-state index is 13.2. The summed E-state index contributed by atoms with van der Waals surface area (Å²) < 4.78 is 6.64. The van der Waals surface area contributed by atoms with E-state index in [1.807, 2.05) is 11.0 Å². The summed E-state index contributed by atoms with van der Waals surface area (Å²) >= 11 is 1.16. The van der Waals surface area contributed by atoms with Gasteiger partial charge in [0.05, 0.1) is 29.4 Å². The number of amides is 2. The number of anilines is 1. The standard InChI is InChI=1S/C24H28N4O4S/c1-14-9-15(2)11-27(10-14)19(29)12-28-13-25-23-20(24(28)31)16(3)21(33-23)22(30)26-17-7-5-6-8-18(17)32-4/h5-8,13-15H,9-12H2,1-4H3,(H,26,30)/t14-,15-/m0/s1. The van der Waals surface area contributed by atoms with Crippen molar-refractivity contribution < 1.29 is 14.3 Å². The largest absolute Gasteiger partial charge is 0.495 e. The third-order valence-electron chi connectivity index (χ3n) is 6.01. The van der Waals surface area contributed by atoms with Gasteiger partial charge in [-0.25, -0.2) is 4.98 Å². The number of hydrogen-bond donors (Lipinski definition) is 1. The summed E-state index contributed by atoms with van der Waals surface area (Å²) in [5.41, 5.74) is 0.793. The number of thiophene rings is 1. The van der Waals surface area contributed by atoms with Crippen LogP contribution in [-0.4, -0.2) is 46.5 Å². The fourth-order valence-corrected chi connectivity index (χ4v) is 5.56. The van der Waals surface area contributed by atoms with Crippen molar-refractivity contribution in [1.82, 2.24) is 14.5 Å². The predicted octanol–water partition coefficient (Wildman–Crippen LogP) is 3.53. The number of likely N-dealkylation sites (tertiary alicyclic amines) is 1. The molecule has 2 atom stereocenters. The SMILES string of the molecule is COc1ccccc1NC(=O)c1sc2ncn(CC(=O)N3C[C@@H](C)C[C@H](C)C3)c(=O)c2c1C. The lowest BCUT2D eigenvalue weighted by atomic mass is 9.92. The lowest BCUT2D eigenvalue weighted by Crippen LogP contribution is -2.44. The number of benzene rings is 1. The van der Waals surface area contributed by atoms with Crippen molar-refractivity contribution in [2.24, 2.45) is 11.8 Å². The average Bonchev–Trinajstić information content (AvgIpc) is 3.12. The molecule has 0 unspecified atom stereocenters. The summed E-state index contributed by atoms with van der Waals surface area (Å²) in [6.07, 6.45) is 2.50. The van der Waals surface area contributed by atoms with Crippen LogP contribution < -0.4 is 15.6 Å². The highest BCUT2D eigenvalue weighted by Crippen LogP contribution is 2.30. The zero-order valence-corrected chi connectivity index (χ0v) is 20.1. The molecule has 2 amide bonds. The van der Waals surface area contributed by atoms with E-state index in [-0.39, 0.29) is 23.9 Å². The maximum atomic E-state index is 13.2. The van der Waals surface area contributed by atoms with E-state index < -0.39 is 0 Å². The van der Waals surface area contributed by atoms with E-state index in [1.165, 1.54) is 18.0 Å². The molecule has 3 aromatic rings. The normalized spacial score (nSPS) is 18.4. The molecule has 1 fully saturated rings. The number of carbonyl (C=O) groups is 2. The van der Waals surface area contributed by atoms with Gasteiger partial charge in [0, 0.05) is 13.1 Å². The average molecular weight is 469 g/mol. The summed E-state index contributed by atoms with van der Waals surface area (Å²) in [6.45, 7) is 7.37. The summed E-state index contributed by atoms with van der Waals surface area (Å²) in [5, 5.41) is 3.22. The molecule has 4 rings (SSSR count). The second-order valence-corrected chi connectivity index (χ2v) is 9.81. The van der Waals surface area contributed by atoms with E-state index in [4.69, 9.17) is 4.74 Å². The number of ether oxygens (including phenoxy) is 1. The first-order chi connectivity index (χ1) is 15.8. The lowest BCUT2D eigenvalue weighted by Gasteiger charge is -2.35. The summed E-state index contributed by atoms with van der Waals surface area (Å²) in [4.78, 5) is 46.1. The Kier molecular flexibility index (Phi) is 6.51. The smallest absolute Gasteiger partial charge is 0.266 e. The van der Waals surface area contributed by atoms with E-state index in [9.17, 15) is 14.4 Å². The zero-order chi connectivity index (χ0) is 23.7. The van der Waals surface area contributed by atoms with Gasteiger partial charge in [-0.05, 0) is 42.9 Å². The Morgan fingerprint density at radius 2 is 1.91 bits per heavy atom. The van der Waals surface area contributed by atoms with Crippen LogP contribution in [0.25, 0.3) is 10.2 Å². The van der Waals surface area contributed by atoms with E-state index in [1.54, 1.807) is 25.1 Å². The number of nitrogens with one attached hydrogen (secondary N) is 1. The molecule has 0 aliphatic carbocycles. The first kappa shape index (κ1) is 23.0. The molecule has 0 spiro atoms. The fourth-order valence-electron chi connectivity index (χ4n) is 4.53. The van der Waals surface area contributed by atoms with Crippen LogP contribution in [0.5, 0.6) is 5.75 Å². The van der Waals surface area contributed by atoms with Crippen molar-refractivity contribution >= 4 is 39.1 Å². The third kappa shape index (κ3) is 4.64. The minimum absolute atomic E-state index is 0.0563. The highest BCUT2D eigenvalue weighted by molar-refractivity contribution is 7.20. The Balaban J connectivity index is 1.59. The van der Waals surface area contributed by atoms with Crippen LogP contribution in [0.3, 0.4) is 0 Å². The molecule has 1 saturated heterocycles. The van der Waals surface area contributed by atoms with Gasteiger partial charge in [-0.2, -0.15) is 0 Å². The number of rotatable bonds is 5. The molecule has 0 saturated carbocycles. The second kappa shape index (κ2) is 9.35. The van der Waals surface area contributed by atoms with Gasteiger partial charge < -0.3 is 15.0 Å². The molecule has 3 heterocycles. The molecule has 1 aliphatic heterocycles. The number of hydrogen-bond acceptors (Lipinski definition) is 6. The predicted molar refractivity (Wildman–Crippen MR) is 129 cm³/mol. The molecule has 1 aromatic carbocycles. The number of methoxy groups -OCH3 is 1. The van der Waals surface area contributed by atoms with Crippen LogP contribution in [0.15, 0.2) is 35.4 Å². The topological polar surface area (TPSA) is 93.5 Å². The molecule has 9 heteroatoms. The van der Waals surface area contributed by atoms with Gasteiger partial charge in [0.1, 0.15) is 17.1 Å². The van der Waals surface area contributed by atoms with Crippen molar-refractivity contribution in [2.45, 2.75) is 33.7 Å². The third-order valence-corrected chi connectivity index (χ3v) is 7.20. The minimum atomic E-state index is -0.335. The second-order valence-electron chi connectivity index (χ2n) is 8.81. The van der Waals surface area contributed by atoms with Gasteiger partial charge in [-0.1, -0.05) is 26.0 Å². The van der Waals surface area contributed by atoms with Crippen LogP contribution in [0.1, 0.15) is 35.5 Å². The maximum Gasteiger partial charge on any atom is 0.266 e. The van der Waals surface area contributed by atoms with Gasteiger partial charge in [0.25, 0.3) is 11.5 Å². The van der Waals surface area contributed by atoms with Crippen molar-refractivity contribution in [3.63, 3.8) is 0 Å². The van der Waals surface area contributed by atoms with E-state index in [2.05, 4.69) is 24.1 Å². The van der Waals surface area contributed by atoms with Crippen LogP contribution in [0, 0.1) is 18.8 Å². The molecular weight excluding hydrogens is 440 g/mol. The number of aryl methyl sites for hydroxylation is 1. The summed E-state index contributed by atoms with van der Waals surface area (Å²) in [6, 6.07) is 7.13. The zero-order valence-electron chi connectivity index (χ0n) is 19.3. The fraction of sp³-hybridized carbons (Fsp3) is 0.417. The molecular formula is C24H28N4O4S. The number of aromatic nitrogens is 2. The van der Waals surface area contributed by atoms with Crippen molar-refractivity contribution in [3.05, 3.63) is 51.4 Å². The van der Waals surface area contributed by atoms with E-state index >= 15 is 0 Å². The quantitative estimate of drug-likeness (QED) is 0.618. The molecule has 0 radical (unpaired) electrons. The first-order valence-electron chi connectivity index (χ1n) is 11.0. The van der Waals surface area contributed by atoms with Crippen molar-refractivity contribution in [1.29, 1.82) is 0 Å². The molecule has 8 nitrogen and oxygen atoms in total. The lowest BCUT2D eigenvalue weighted by molar-refractivity contribution is -0.134. The Morgan fingerprint density at radius 1 is 1.21 bits per heavy atom. The highest BCUT2D eigenvalue weighted by Gasteiger charge is 2.26. The van der Waals surface area contributed by atoms with E-state index in [0.717, 1.165) is 17.8 Å². The number of fused-ring (bicyclic) bond motifs is 1. The highest BCUT2D eigenvalue weighted by atomic mass is 32.1. The van der Waals surface area contributed by atoms with Gasteiger partial charge in [0.15, 0.2) is 0 Å². The van der Waals surface area contributed by atoms with Crippen LogP contribution in [0.2, 0.25) is 0 Å². The van der Waals surface area contributed by atoms with Crippen molar-refractivity contribution in [3.8, 4) is 5.75 Å². The number of piperidine rings is 1. The molecule has 2 aromatic heterocycles. The summed E-state index contributed by atoms with van der Waals surface area (Å²) in [7, 11) is 1.54. The molecule has 33 heavy (non-hydrogen) atoms. The minimum Gasteiger partial charge on any atom is -0.495 e. The molecule has 1 N–H and O–H groups in total.